The third kappa shape index (κ3) is 2.50. The van der Waals surface area contributed by atoms with Gasteiger partial charge >= 0.3 is 0 Å². The van der Waals surface area contributed by atoms with Gasteiger partial charge in [-0.1, -0.05) is 25.8 Å². The lowest BCUT2D eigenvalue weighted by Gasteiger charge is -2.30. The summed E-state index contributed by atoms with van der Waals surface area (Å²) in [5, 5.41) is 9.38. The molecule has 76 valence electrons. The molecule has 13 heavy (non-hydrogen) atoms. The zero-order valence-corrected chi connectivity index (χ0v) is 7.68. The van der Waals surface area contributed by atoms with Gasteiger partial charge < -0.3 is 5.11 Å². The highest BCUT2D eigenvalue weighted by atomic mass is 19.3. The number of hydrogen-bond donors (Lipinski definition) is 1. The van der Waals surface area contributed by atoms with Crippen LogP contribution in [0.15, 0.2) is 12.7 Å². The van der Waals surface area contributed by atoms with Crippen LogP contribution in [-0.4, -0.2) is 17.1 Å². The van der Waals surface area contributed by atoms with E-state index >= 15 is 0 Å². The quantitative estimate of drug-likeness (QED) is 0.678. The van der Waals surface area contributed by atoms with Gasteiger partial charge in [-0.2, -0.15) is 8.78 Å². The van der Waals surface area contributed by atoms with Crippen LogP contribution < -0.4 is 0 Å². The molecule has 1 saturated carbocycles. The summed E-state index contributed by atoms with van der Waals surface area (Å²) in [6.07, 6.45) is 3.44. The molecule has 1 nitrogen and oxygen atoms in total. The molecular formula is C10H16F2O. The molecule has 3 heteroatoms. The number of halogens is 2. The van der Waals surface area contributed by atoms with E-state index in [2.05, 4.69) is 6.58 Å². The van der Waals surface area contributed by atoms with Gasteiger partial charge in [0.2, 0.25) is 0 Å². The van der Waals surface area contributed by atoms with Gasteiger partial charge in [-0.15, -0.1) is 0 Å². The summed E-state index contributed by atoms with van der Waals surface area (Å²) in [5.74, 6) is -3.37. The molecule has 0 unspecified atom stereocenters. The highest BCUT2D eigenvalue weighted by molar-refractivity contribution is 4.96. The van der Waals surface area contributed by atoms with E-state index in [1.807, 2.05) is 0 Å². The summed E-state index contributed by atoms with van der Waals surface area (Å²) in [6.45, 7) is 3.04. The van der Waals surface area contributed by atoms with Crippen LogP contribution >= 0.6 is 0 Å². The monoisotopic (exact) mass is 190 g/mol. The highest BCUT2D eigenvalue weighted by Gasteiger charge is 2.40. The Kier molecular flexibility index (Phi) is 3.42. The SMILES string of the molecule is C=CC(F)(F)[C@@H](O)C1CCCCC1. The van der Waals surface area contributed by atoms with Crippen molar-refractivity contribution >= 4 is 0 Å². The van der Waals surface area contributed by atoms with Crippen LogP contribution in [0.25, 0.3) is 0 Å². The third-order valence-corrected chi connectivity index (χ3v) is 2.76. The van der Waals surface area contributed by atoms with Crippen LogP contribution in [0.3, 0.4) is 0 Å². The number of aliphatic hydroxyl groups is 1. The molecule has 1 rings (SSSR count). The Balaban J connectivity index is 2.54. The Morgan fingerprint density at radius 1 is 1.31 bits per heavy atom. The number of aliphatic hydroxyl groups excluding tert-OH is 1. The summed E-state index contributed by atoms with van der Waals surface area (Å²) < 4.78 is 25.9. The van der Waals surface area contributed by atoms with Crippen LogP contribution in [0.4, 0.5) is 8.78 Å². The fourth-order valence-corrected chi connectivity index (χ4v) is 1.88. The van der Waals surface area contributed by atoms with Crippen molar-refractivity contribution in [3.05, 3.63) is 12.7 Å². The van der Waals surface area contributed by atoms with Gasteiger partial charge in [0.15, 0.2) is 0 Å². The summed E-state index contributed by atoms with van der Waals surface area (Å²) in [6, 6.07) is 0. The number of rotatable bonds is 3. The van der Waals surface area contributed by atoms with E-state index in [0.717, 1.165) is 19.3 Å². The highest BCUT2D eigenvalue weighted by Crippen LogP contribution is 2.34. The molecule has 0 aromatic rings. The fraction of sp³-hybridized carbons (Fsp3) is 0.800. The molecule has 0 heterocycles. The second kappa shape index (κ2) is 4.18. The van der Waals surface area contributed by atoms with Gasteiger partial charge in [0.05, 0.1) is 0 Å². The lowest BCUT2D eigenvalue weighted by molar-refractivity contribution is -0.102. The maximum absolute atomic E-state index is 13.0. The molecule has 1 fully saturated rings. The van der Waals surface area contributed by atoms with Crippen molar-refractivity contribution in [1.29, 1.82) is 0 Å². The smallest absolute Gasteiger partial charge is 0.291 e. The Hall–Kier alpha value is -0.440. The predicted molar refractivity (Wildman–Crippen MR) is 47.7 cm³/mol. The van der Waals surface area contributed by atoms with Gasteiger partial charge in [-0.3, -0.25) is 0 Å². The molecule has 0 bridgehead atoms. The van der Waals surface area contributed by atoms with Crippen LogP contribution in [0.5, 0.6) is 0 Å². The topological polar surface area (TPSA) is 20.2 Å². The minimum atomic E-state index is -3.12. The molecule has 0 amide bonds. The van der Waals surface area contributed by atoms with Crippen LogP contribution in [0.1, 0.15) is 32.1 Å². The second-order valence-corrected chi connectivity index (χ2v) is 3.72. The average Bonchev–Trinajstić information content (AvgIpc) is 2.18. The largest absolute Gasteiger partial charge is 0.386 e. The van der Waals surface area contributed by atoms with Gasteiger partial charge in [-0.05, 0) is 24.8 Å². The average molecular weight is 190 g/mol. The zero-order chi connectivity index (χ0) is 9.90. The summed E-state index contributed by atoms with van der Waals surface area (Å²) in [5.41, 5.74) is 0. The van der Waals surface area contributed by atoms with E-state index in [0.29, 0.717) is 18.9 Å². The Bertz CT molecular complexity index is 174. The predicted octanol–water partition coefficient (Wildman–Crippen LogP) is 2.75. The van der Waals surface area contributed by atoms with Gasteiger partial charge in [0.25, 0.3) is 5.92 Å². The maximum atomic E-state index is 13.0. The summed E-state index contributed by atoms with van der Waals surface area (Å²) in [7, 11) is 0. The van der Waals surface area contributed by atoms with Gasteiger partial charge in [-0.25, -0.2) is 0 Å². The number of hydrogen-bond acceptors (Lipinski definition) is 1. The molecular weight excluding hydrogens is 174 g/mol. The molecule has 1 aliphatic rings. The number of alkyl halides is 2. The fourth-order valence-electron chi connectivity index (χ4n) is 1.88. The molecule has 1 atom stereocenters. The van der Waals surface area contributed by atoms with Gasteiger partial charge in [0, 0.05) is 0 Å². The molecule has 0 saturated heterocycles. The standard InChI is InChI=1S/C10H16F2O/c1-2-10(11,12)9(13)8-6-4-3-5-7-8/h2,8-9,13H,1,3-7H2/t9-/m0/s1. The van der Waals surface area contributed by atoms with Crippen molar-refractivity contribution in [3.63, 3.8) is 0 Å². The zero-order valence-electron chi connectivity index (χ0n) is 7.68. The Morgan fingerprint density at radius 3 is 2.31 bits per heavy atom. The Morgan fingerprint density at radius 2 is 1.85 bits per heavy atom. The first kappa shape index (κ1) is 10.6. The molecule has 0 aromatic carbocycles. The van der Waals surface area contributed by atoms with E-state index in [9.17, 15) is 13.9 Å². The van der Waals surface area contributed by atoms with E-state index in [4.69, 9.17) is 0 Å². The van der Waals surface area contributed by atoms with Crippen molar-refractivity contribution in [3.8, 4) is 0 Å². The van der Waals surface area contributed by atoms with Crippen LogP contribution in [-0.2, 0) is 0 Å². The van der Waals surface area contributed by atoms with Crippen molar-refractivity contribution in [2.45, 2.75) is 44.1 Å². The minimum Gasteiger partial charge on any atom is -0.386 e. The maximum Gasteiger partial charge on any atom is 0.291 e. The van der Waals surface area contributed by atoms with Crippen LogP contribution in [0.2, 0.25) is 0 Å². The molecule has 0 spiro atoms. The van der Waals surface area contributed by atoms with Gasteiger partial charge in [0.1, 0.15) is 6.10 Å². The van der Waals surface area contributed by atoms with Crippen molar-refractivity contribution in [1.82, 2.24) is 0 Å². The van der Waals surface area contributed by atoms with E-state index in [1.165, 1.54) is 0 Å². The first-order valence-corrected chi connectivity index (χ1v) is 4.77. The first-order valence-electron chi connectivity index (χ1n) is 4.77. The molecule has 0 aromatic heterocycles. The lowest BCUT2D eigenvalue weighted by atomic mass is 9.83. The lowest BCUT2D eigenvalue weighted by Crippen LogP contribution is -2.38. The van der Waals surface area contributed by atoms with E-state index in [1.54, 1.807) is 0 Å². The third-order valence-electron chi connectivity index (χ3n) is 2.76. The summed E-state index contributed by atoms with van der Waals surface area (Å²) in [4.78, 5) is 0. The van der Waals surface area contributed by atoms with E-state index in [-0.39, 0.29) is 5.92 Å². The molecule has 0 aliphatic heterocycles. The minimum absolute atomic E-state index is 0.248. The molecule has 1 aliphatic carbocycles. The van der Waals surface area contributed by atoms with Crippen molar-refractivity contribution in [2.24, 2.45) is 5.92 Å². The Labute approximate surface area is 77.5 Å². The summed E-state index contributed by atoms with van der Waals surface area (Å²) >= 11 is 0. The van der Waals surface area contributed by atoms with Crippen molar-refractivity contribution < 1.29 is 13.9 Å². The normalized spacial score (nSPS) is 22.7. The second-order valence-electron chi connectivity index (χ2n) is 3.72. The molecule has 0 radical (unpaired) electrons. The molecule has 1 N–H and O–H groups in total. The van der Waals surface area contributed by atoms with Crippen molar-refractivity contribution in [2.75, 3.05) is 0 Å². The van der Waals surface area contributed by atoms with E-state index < -0.39 is 12.0 Å². The van der Waals surface area contributed by atoms with Crippen LogP contribution in [0, 0.1) is 5.92 Å². The first-order chi connectivity index (χ1) is 6.08.